The number of likely N-dealkylation sites (tertiary alicyclic amines) is 1. The highest BCUT2D eigenvalue weighted by Crippen LogP contribution is 2.33. The van der Waals surface area contributed by atoms with Crippen molar-refractivity contribution in [2.24, 2.45) is 0 Å². The van der Waals surface area contributed by atoms with Gasteiger partial charge in [-0.1, -0.05) is 0 Å². The number of nitrogens with zero attached hydrogens (tertiary/aromatic N) is 1. The maximum absolute atomic E-state index is 11.5. The lowest BCUT2D eigenvalue weighted by atomic mass is 9.85. The van der Waals surface area contributed by atoms with E-state index in [0.29, 0.717) is 19.4 Å². The maximum Gasteiger partial charge on any atom is 0.324 e. The van der Waals surface area contributed by atoms with Crippen molar-refractivity contribution in [1.29, 1.82) is 0 Å². The molecule has 0 spiro atoms. The Labute approximate surface area is 90.2 Å². The molecule has 15 heavy (non-hydrogen) atoms. The third-order valence-corrected chi connectivity index (χ3v) is 3.65. The van der Waals surface area contributed by atoms with Crippen molar-refractivity contribution >= 4 is 5.97 Å². The molecule has 0 aromatic heterocycles. The zero-order chi connectivity index (χ0) is 10.9. The first-order valence-corrected chi connectivity index (χ1v) is 5.75. The molecule has 1 N–H and O–H groups in total. The molecule has 2 heterocycles. The Bertz CT molecular complexity index is 250. The number of ether oxygens (including phenoxy) is 1. The van der Waals surface area contributed by atoms with Crippen molar-refractivity contribution in [2.45, 2.75) is 44.2 Å². The van der Waals surface area contributed by atoms with Crippen molar-refractivity contribution in [3.63, 3.8) is 0 Å². The van der Waals surface area contributed by atoms with E-state index in [9.17, 15) is 9.90 Å². The van der Waals surface area contributed by atoms with Crippen LogP contribution in [-0.2, 0) is 9.53 Å². The van der Waals surface area contributed by atoms with E-state index in [0.717, 1.165) is 25.9 Å². The molecular weight excluding hydrogens is 194 g/mol. The quantitative estimate of drug-likeness (QED) is 0.746. The van der Waals surface area contributed by atoms with Crippen LogP contribution < -0.4 is 0 Å². The Morgan fingerprint density at radius 1 is 1.47 bits per heavy atom. The highest BCUT2D eigenvalue weighted by Gasteiger charge is 2.47. The first-order valence-electron chi connectivity index (χ1n) is 5.75. The van der Waals surface area contributed by atoms with Crippen LogP contribution in [0.15, 0.2) is 0 Å². The predicted octanol–water partition coefficient (Wildman–Crippen LogP) is 1.10. The highest BCUT2D eigenvalue weighted by atomic mass is 16.5. The molecule has 0 aromatic rings. The van der Waals surface area contributed by atoms with Crippen LogP contribution in [0.1, 0.15) is 32.6 Å². The molecule has 0 bridgehead atoms. The van der Waals surface area contributed by atoms with E-state index in [1.165, 1.54) is 0 Å². The van der Waals surface area contributed by atoms with E-state index >= 15 is 0 Å². The van der Waals surface area contributed by atoms with Crippen LogP contribution in [-0.4, -0.2) is 47.3 Å². The molecule has 4 nitrogen and oxygen atoms in total. The van der Waals surface area contributed by atoms with Gasteiger partial charge in [-0.2, -0.15) is 0 Å². The fourth-order valence-corrected chi connectivity index (χ4v) is 2.83. The first kappa shape index (κ1) is 10.9. The average Bonchev–Trinajstić information content (AvgIpc) is 2.70. The van der Waals surface area contributed by atoms with Crippen LogP contribution in [0.5, 0.6) is 0 Å². The standard InChI is InChI=1S/C11H19NO3/c1-9-8-11(10(13)14,4-7-15-9)12-5-2-3-6-12/h9H,2-8H2,1H3,(H,13,14). The summed E-state index contributed by atoms with van der Waals surface area (Å²) in [6.07, 6.45) is 3.58. The fraction of sp³-hybridized carbons (Fsp3) is 0.909. The van der Waals surface area contributed by atoms with Crippen LogP contribution in [0.4, 0.5) is 0 Å². The Hall–Kier alpha value is -0.610. The van der Waals surface area contributed by atoms with Crippen LogP contribution in [0, 0.1) is 0 Å². The number of carboxylic acid groups (broad SMARTS) is 1. The topological polar surface area (TPSA) is 49.8 Å². The number of aliphatic carboxylic acids is 1. The minimum Gasteiger partial charge on any atom is -0.480 e. The smallest absolute Gasteiger partial charge is 0.324 e. The van der Waals surface area contributed by atoms with Crippen LogP contribution in [0.2, 0.25) is 0 Å². The van der Waals surface area contributed by atoms with Crippen molar-refractivity contribution in [2.75, 3.05) is 19.7 Å². The molecule has 2 aliphatic rings. The second kappa shape index (κ2) is 4.10. The molecule has 0 saturated carbocycles. The van der Waals surface area contributed by atoms with Gasteiger partial charge in [0.2, 0.25) is 0 Å². The molecule has 0 amide bonds. The molecule has 2 fully saturated rings. The van der Waals surface area contributed by atoms with Gasteiger partial charge in [-0.25, -0.2) is 0 Å². The molecule has 2 saturated heterocycles. The summed E-state index contributed by atoms with van der Waals surface area (Å²) in [6, 6.07) is 0. The zero-order valence-electron chi connectivity index (χ0n) is 9.24. The zero-order valence-corrected chi connectivity index (χ0v) is 9.24. The summed E-state index contributed by atoms with van der Waals surface area (Å²) in [4.78, 5) is 13.7. The normalized spacial score (nSPS) is 38.1. The molecule has 2 aliphatic heterocycles. The van der Waals surface area contributed by atoms with Crippen molar-refractivity contribution in [3.05, 3.63) is 0 Å². The maximum atomic E-state index is 11.5. The van der Waals surface area contributed by atoms with E-state index in [2.05, 4.69) is 4.90 Å². The molecule has 2 atom stereocenters. The Kier molecular flexibility index (Phi) is 2.98. The molecule has 2 rings (SSSR count). The Morgan fingerprint density at radius 3 is 2.67 bits per heavy atom. The van der Waals surface area contributed by atoms with Gasteiger partial charge in [0, 0.05) is 13.0 Å². The molecular formula is C11H19NO3. The second-order valence-electron chi connectivity index (χ2n) is 4.67. The minimum atomic E-state index is -0.667. The van der Waals surface area contributed by atoms with Crippen molar-refractivity contribution in [3.8, 4) is 0 Å². The molecule has 4 heteroatoms. The summed E-state index contributed by atoms with van der Waals surface area (Å²) < 4.78 is 5.45. The molecule has 0 aliphatic carbocycles. The van der Waals surface area contributed by atoms with Crippen molar-refractivity contribution < 1.29 is 14.6 Å². The largest absolute Gasteiger partial charge is 0.480 e. The van der Waals surface area contributed by atoms with Gasteiger partial charge in [-0.15, -0.1) is 0 Å². The fourth-order valence-electron chi connectivity index (χ4n) is 2.83. The van der Waals surface area contributed by atoms with Gasteiger partial charge in [0.1, 0.15) is 5.54 Å². The van der Waals surface area contributed by atoms with Crippen LogP contribution >= 0.6 is 0 Å². The van der Waals surface area contributed by atoms with Crippen LogP contribution in [0.3, 0.4) is 0 Å². The number of carbonyl (C=O) groups is 1. The lowest BCUT2D eigenvalue weighted by Gasteiger charge is -2.43. The van der Waals surface area contributed by atoms with Gasteiger partial charge >= 0.3 is 5.97 Å². The van der Waals surface area contributed by atoms with Gasteiger partial charge < -0.3 is 9.84 Å². The van der Waals surface area contributed by atoms with E-state index in [1.54, 1.807) is 0 Å². The molecule has 2 unspecified atom stereocenters. The van der Waals surface area contributed by atoms with Crippen molar-refractivity contribution in [1.82, 2.24) is 4.90 Å². The van der Waals surface area contributed by atoms with Gasteiger partial charge in [0.15, 0.2) is 0 Å². The lowest BCUT2D eigenvalue weighted by Crippen LogP contribution is -2.58. The Balaban J connectivity index is 2.18. The lowest BCUT2D eigenvalue weighted by molar-refractivity contribution is -0.161. The SMILES string of the molecule is CC1CC(C(=O)O)(N2CCCC2)CCO1. The number of rotatable bonds is 2. The van der Waals surface area contributed by atoms with E-state index in [-0.39, 0.29) is 6.10 Å². The molecule has 0 aromatic carbocycles. The Morgan fingerprint density at radius 2 is 2.13 bits per heavy atom. The minimum absolute atomic E-state index is 0.0652. The summed E-state index contributed by atoms with van der Waals surface area (Å²) in [6.45, 7) is 4.40. The summed E-state index contributed by atoms with van der Waals surface area (Å²) in [5.74, 6) is -0.667. The van der Waals surface area contributed by atoms with Gasteiger partial charge in [-0.3, -0.25) is 9.69 Å². The second-order valence-corrected chi connectivity index (χ2v) is 4.67. The van der Waals surface area contributed by atoms with Gasteiger partial charge in [0.25, 0.3) is 0 Å². The number of hydrogen-bond donors (Lipinski definition) is 1. The monoisotopic (exact) mass is 213 g/mol. The van der Waals surface area contributed by atoms with E-state index in [4.69, 9.17) is 4.74 Å². The molecule has 86 valence electrons. The van der Waals surface area contributed by atoms with Gasteiger partial charge in [-0.05, 0) is 39.3 Å². The first-order chi connectivity index (χ1) is 7.15. The summed E-state index contributed by atoms with van der Waals surface area (Å²) in [5, 5.41) is 9.47. The van der Waals surface area contributed by atoms with Gasteiger partial charge in [0.05, 0.1) is 6.10 Å². The highest BCUT2D eigenvalue weighted by molar-refractivity contribution is 5.79. The summed E-state index contributed by atoms with van der Waals surface area (Å²) >= 11 is 0. The van der Waals surface area contributed by atoms with E-state index < -0.39 is 11.5 Å². The predicted molar refractivity (Wildman–Crippen MR) is 55.8 cm³/mol. The third kappa shape index (κ3) is 1.88. The number of carboxylic acids is 1. The van der Waals surface area contributed by atoms with E-state index in [1.807, 2.05) is 6.92 Å². The molecule has 0 radical (unpaired) electrons. The van der Waals surface area contributed by atoms with Crippen LogP contribution in [0.25, 0.3) is 0 Å². The number of hydrogen-bond acceptors (Lipinski definition) is 3. The third-order valence-electron chi connectivity index (χ3n) is 3.65. The summed E-state index contributed by atoms with van der Waals surface area (Å²) in [7, 11) is 0. The average molecular weight is 213 g/mol. The summed E-state index contributed by atoms with van der Waals surface area (Å²) in [5.41, 5.74) is -0.645.